The Morgan fingerprint density at radius 3 is 2.53 bits per heavy atom. The number of aromatic nitrogens is 4. The van der Waals surface area contributed by atoms with E-state index in [1.54, 1.807) is 0 Å². The lowest BCUT2D eigenvalue weighted by Gasteiger charge is -2.22. The topological polar surface area (TPSA) is 59.4 Å². The van der Waals surface area contributed by atoms with E-state index in [0.717, 1.165) is 45.7 Å². The first kappa shape index (κ1) is 20.7. The Balaban J connectivity index is 1.52. The van der Waals surface area contributed by atoms with E-state index in [4.69, 9.17) is 4.98 Å². The van der Waals surface area contributed by atoms with E-state index >= 15 is 0 Å². The van der Waals surface area contributed by atoms with Crippen LogP contribution in [0, 0.1) is 17.2 Å². The second kappa shape index (κ2) is 8.46. The number of pyridine rings is 1. The molecule has 1 saturated carbocycles. The summed E-state index contributed by atoms with van der Waals surface area (Å²) in [5, 5.41) is 16.0. The van der Waals surface area contributed by atoms with Crippen LogP contribution in [-0.2, 0) is 13.6 Å². The van der Waals surface area contributed by atoms with Crippen LogP contribution < -0.4 is 0 Å². The van der Waals surface area contributed by atoms with Crippen LogP contribution in [0.4, 0.5) is 0 Å². The number of benzene rings is 2. The molecular formula is C29H27N5. The lowest BCUT2D eigenvalue weighted by atomic mass is 9.89. The molecule has 0 N–H and O–H groups in total. The Morgan fingerprint density at radius 2 is 1.74 bits per heavy atom. The zero-order valence-corrected chi connectivity index (χ0v) is 19.4. The van der Waals surface area contributed by atoms with E-state index in [1.807, 2.05) is 48.4 Å². The van der Waals surface area contributed by atoms with Crippen molar-refractivity contribution in [1.82, 2.24) is 19.3 Å². The highest BCUT2D eigenvalue weighted by molar-refractivity contribution is 6.02. The first-order valence-electron chi connectivity index (χ1n) is 12.1. The Hall–Kier alpha value is -3.91. The van der Waals surface area contributed by atoms with Gasteiger partial charge < -0.3 is 4.57 Å². The third-order valence-corrected chi connectivity index (χ3v) is 7.33. The maximum absolute atomic E-state index is 9.29. The van der Waals surface area contributed by atoms with Crippen molar-refractivity contribution in [3.63, 3.8) is 0 Å². The van der Waals surface area contributed by atoms with Crippen molar-refractivity contribution < 1.29 is 0 Å². The lowest BCUT2D eigenvalue weighted by molar-refractivity contribution is 0.322. The third kappa shape index (κ3) is 3.56. The Kier molecular flexibility index (Phi) is 5.15. The van der Waals surface area contributed by atoms with Crippen LogP contribution in [0.2, 0.25) is 0 Å². The zero-order chi connectivity index (χ0) is 23.1. The minimum absolute atomic E-state index is 0.664. The molecule has 6 rings (SSSR count). The average molecular weight is 446 g/mol. The number of fused-ring (bicyclic) bond motifs is 2. The summed E-state index contributed by atoms with van der Waals surface area (Å²) in [6.07, 6.45) is 12.9. The third-order valence-electron chi connectivity index (χ3n) is 7.33. The zero-order valence-electron chi connectivity index (χ0n) is 19.4. The Labute approximate surface area is 199 Å². The van der Waals surface area contributed by atoms with E-state index in [-0.39, 0.29) is 0 Å². The lowest BCUT2D eigenvalue weighted by Crippen LogP contribution is -2.13. The fraction of sp³-hybridized carbons (Fsp3) is 0.276. The molecule has 0 atom stereocenters. The van der Waals surface area contributed by atoms with Gasteiger partial charge in [-0.05, 0) is 54.7 Å². The normalized spacial score (nSPS) is 14.6. The van der Waals surface area contributed by atoms with Crippen molar-refractivity contribution in [2.75, 3.05) is 0 Å². The van der Waals surface area contributed by atoms with E-state index in [1.165, 1.54) is 43.0 Å². The molecule has 1 aliphatic rings. The van der Waals surface area contributed by atoms with Crippen molar-refractivity contribution in [2.24, 2.45) is 13.0 Å². The molecule has 1 aliphatic carbocycles. The van der Waals surface area contributed by atoms with Gasteiger partial charge in [0.1, 0.15) is 0 Å². The molecule has 2 aromatic carbocycles. The molecule has 34 heavy (non-hydrogen) atoms. The SMILES string of the molecule is Cn1ncc2cc(-c3ncc4c(ccn4CC4CCCCC4)c3-c3ccc(C#N)cc3)ccc21. The largest absolute Gasteiger partial charge is 0.346 e. The summed E-state index contributed by atoms with van der Waals surface area (Å²) in [5.41, 5.74) is 7.16. The molecule has 3 heterocycles. The molecule has 0 radical (unpaired) electrons. The predicted molar refractivity (Wildman–Crippen MR) is 136 cm³/mol. The highest BCUT2D eigenvalue weighted by atomic mass is 15.2. The van der Waals surface area contributed by atoms with E-state index in [0.29, 0.717) is 5.56 Å². The second-order valence-corrected chi connectivity index (χ2v) is 9.48. The van der Waals surface area contributed by atoms with Gasteiger partial charge in [0.25, 0.3) is 0 Å². The predicted octanol–water partition coefficient (Wildman–Crippen LogP) is 6.71. The van der Waals surface area contributed by atoms with Crippen molar-refractivity contribution in [2.45, 2.75) is 38.6 Å². The maximum atomic E-state index is 9.29. The molecule has 0 spiro atoms. The molecule has 0 bridgehead atoms. The number of hydrogen-bond acceptors (Lipinski definition) is 3. The minimum atomic E-state index is 0.664. The van der Waals surface area contributed by atoms with Gasteiger partial charge in [0.05, 0.1) is 40.8 Å². The smallest absolute Gasteiger partial charge is 0.0991 e. The molecule has 0 unspecified atom stereocenters. The average Bonchev–Trinajstić information content (AvgIpc) is 3.47. The molecule has 5 aromatic rings. The van der Waals surface area contributed by atoms with Crippen LogP contribution >= 0.6 is 0 Å². The number of rotatable bonds is 4. The molecule has 5 heteroatoms. The fourth-order valence-corrected chi connectivity index (χ4v) is 5.50. The van der Waals surface area contributed by atoms with E-state index < -0.39 is 0 Å². The molecule has 168 valence electrons. The van der Waals surface area contributed by atoms with Crippen molar-refractivity contribution in [3.8, 4) is 28.5 Å². The molecule has 5 nitrogen and oxygen atoms in total. The fourth-order valence-electron chi connectivity index (χ4n) is 5.50. The van der Waals surface area contributed by atoms with Crippen molar-refractivity contribution >= 4 is 21.8 Å². The van der Waals surface area contributed by atoms with Gasteiger partial charge in [-0.15, -0.1) is 0 Å². The highest BCUT2D eigenvalue weighted by Crippen LogP contribution is 2.38. The molecule has 0 saturated heterocycles. The number of nitriles is 1. The maximum Gasteiger partial charge on any atom is 0.0991 e. The van der Waals surface area contributed by atoms with Crippen LogP contribution in [0.3, 0.4) is 0 Å². The number of hydrogen-bond donors (Lipinski definition) is 0. The summed E-state index contributed by atoms with van der Waals surface area (Å²) < 4.78 is 4.28. The molecule has 1 fully saturated rings. The van der Waals surface area contributed by atoms with Gasteiger partial charge in [-0.1, -0.05) is 37.5 Å². The summed E-state index contributed by atoms with van der Waals surface area (Å²) in [7, 11) is 1.96. The number of aryl methyl sites for hydroxylation is 1. The van der Waals surface area contributed by atoms with Gasteiger partial charge in [-0.25, -0.2) is 0 Å². The molecule has 3 aromatic heterocycles. The summed E-state index contributed by atoms with van der Waals surface area (Å²) in [5.74, 6) is 0.746. The monoisotopic (exact) mass is 445 g/mol. The van der Waals surface area contributed by atoms with Crippen LogP contribution in [0.1, 0.15) is 37.7 Å². The Morgan fingerprint density at radius 1 is 0.941 bits per heavy atom. The number of nitrogens with zero attached hydrogens (tertiary/aromatic N) is 5. The second-order valence-electron chi connectivity index (χ2n) is 9.48. The van der Waals surface area contributed by atoms with Gasteiger partial charge in [0, 0.05) is 41.7 Å². The molecule has 0 amide bonds. The van der Waals surface area contributed by atoms with Crippen molar-refractivity contribution in [1.29, 1.82) is 5.26 Å². The minimum Gasteiger partial charge on any atom is -0.346 e. The first-order valence-corrected chi connectivity index (χ1v) is 12.1. The summed E-state index contributed by atoms with van der Waals surface area (Å²) >= 11 is 0. The molecular weight excluding hydrogens is 418 g/mol. The van der Waals surface area contributed by atoms with Crippen LogP contribution in [-0.4, -0.2) is 19.3 Å². The molecule has 0 aliphatic heterocycles. The van der Waals surface area contributed by atoms with Crippen LogP contribution in [0.25, 0.3) is 44.2 Å². The van der Waals surface area contributed by atoms with E-state index in [9.17, 15) is 5.26 Å². The quantitative estimate of drug-likeness (QED) is 0.309. The van der Waals surface area contributed by atoms with Gasteiger partial charge in [-0.3, -0.25) is 9.67 Å². The van der Waals surface area contributed by atoms with Gasteiger partial charge >= 0.3 is 0 Å². The van der Waals surface area contributed by atoms with Gasteiger partial charge in [-0.2, -0.15) is 10.4 Å². The Bertz CT molecular complexity index is 1530. The van der Waals surface area contributed by atoms with Crippen LogP contribution in [0.15, 0.2) is 67.1 Å². The van der Waals surface area contributed by atoms with Crippen LogP contribution in [0.5, 0.6) is 0 Å². The highest BCUT2D eigenvalue weighted by Gasteiger charge is 2.19. The van der Waals surface area contributed by atoms with E-state index in [2.05, 4.69) is 46.2 Å². The van der Waals surface area contributed by atoms with Crippen molar-refractivity contribution in [3.05, 3.63) is 72.7 Å². The first-order chi connectivity index (χ1) is 16.7. The summed E-state index contributed by atoms with van der Waals surface area (Å²) in [6, 6.07) is 18.7. The standard InChI is InChI=1S/C29H27N5/c1-33-26-12-11-23(15-24(26)17-32-33)29-28(22-9-7-20(16-30)8-10-22)25-13-14-34(27(25)18-31-29)19-21-5-3-2-4-6-21/h7-15,17-18,21H,2-6,19H2,1H3. The summed E-state index contributed by atoms with van der Waals surface area (Å²) in [6.45, 7) is 1.05. The summed E-state index contributed by atoms with van der Waals surface area (Å²) in [4.78, 5) is 5.02. The van der Waals surface area contributed by atoms with Gasteiger partial charge in [0.15, 0.2) is 0 Å². The van der Waals surface area contributed by atoms with Gasteiger partial charge in [0.2, 0.25) is 0 Å².